The topological polar surface area (TPSA) is 0 Å². The molecule has 0 amide bonds. The highest BCUT2D eigenvalue weighted by Gasteiger charge is 2.21. The summed E-state index contributed by atoms with van der Waals surface area (Å²) in [6.45, 7) is 0. The van der Waals surface area contributed by atoms with Crippen LogP contribution in [0.5, 0.6) is 0 Å². The molecule has 272 valence electrons. The highest BCUT2D eigenvalue weighted by atomic mass is 32.1. The van der Waals surface area contributed by atoms with Gasteiger partial charge in [0.15, 0.2) is 0 Å². The van der Waals surface area contributed by atoms with Gasteiger partial charge in [0.2, 0.25) is 0 Å². The first kappa shape index (κ1) is 32.7. The van der Waals surface area contributed by atoms with Gasteiger partial charge in [-0.15, -0.1) is 11.3 Å². The van der Waals surface area contributed by atoms with Crippen molar-refractivity contribution in [3.63, 3.8) is 0 Å². The fourth-order valence-electron chi connectivity index (χ4n) is 10.2. The molecule has 0 N–H and O–H groups in total. The van der Waals surface area contributed by atoms with Crippen molar-refractivity contribution in [2.75, 3.05) is 0 Å². The first-order valence-electron chi connectivity index (χ1n) is 20.4. The molecule has 0 atom stereocenters. The summed E-state index contributed by atoms with van der Waals surface area (Å²) >= 11 is 1.93. The van der Waals surface area contributed by atoms with E-state index in [1.54, 1.807) is 0 Å². The van der Waals surface area contributed by atoms with E-state index in [4.69, 9.17) is 0 Å². The van der Waals surface area contributed by atoms with Gasteiger partial charge in [0.25, 0.3) is 0 Å². The Morgan fingerprint density at radius 1 is 0.254 bits per heavy atom. The lowest BCUT2D eigenvalue weighted by Crippen LogP contribution is -1.93. The Kier molecular flexibility index (Phi) is 6.98. The van der Waals surface area contributed by atoms with Gasteiger partial charge in [-0.25, -0.2) is 0 Å². The number of fused-ring (bicyclic) bond motifs is 13. The van der Waals surface area contributed by atoms with Crippen LogP contribution in [0, 0.1) is 0 Å². The second kappa shape index (κ2) is 12.6. The quantitative estimate of drug-likeness (QED) is 0.124. The van der Waals surface area contributed by atoms with Gasteiger partial charge in [-0.1, -0.05) is 188 Å². The molecule has 1 aromatic heterocycles. The summed E-state index contributed by atoms with van der Waals surface area (Å²) in [5.74, 6) is 0. The van der Waals surface area contributed by atoms with E-state index in [0.29, 0.717) is 0 Å². The lowest BCUT2D eigenvalue weighted by molar-refractivity contribution is 1.67. The van der Waals surface area contributed by atoms with Crippen molar-refractivity contribution < 1.29 is 0 Å². The third kappa shape index (κ3) is 4.77. The smallest absolute Gasteiger partial charge is 0.0440 e. The van der Waals surface area contributed by atoms with Crippen molar-refractivity contribution in [2.45, 2.75) is 0 Å². The zero-order chi connectivity index (χ0) is 38.6. The maximum atomic E-state index is 2.45. The molecule has 13 rings (SSSR count). The third-order valence-electron chi connectivity index (χ3n) is 12.8. The average molecular weight is 763 g/mol. The van der Waals surface area contributed by atoms with E-state index in [1.807, 2.05) is 11.3 Å². The summed E-state index contributed by atoms with van der Waals surface area (Å²) in [6, 6.07) is 77.0. The highest BCUT2D eigenvalue weighted by Crippen LogP contribution is 2.49. The van der Waals surface area contributed by atoms with Crippen molar-refractivity contribution >= 4 is 107 Å². The molecule has 0 unspecified atom stereocenters. The maximum Gasteiger partial charge on any atom is 0.0440 e. The zero-order valence-electron chi connectivity index (χ0n) is 32.0. The summed E-state index contributed by atoms with van der Waals surface area (Å²) < 4.78 is 2.70. The molecule has 1 heteroatoms. The van der Waals surface area contributed by atoms with Crippen molar-refractivity contribution in [2.24, 2.45) is 0 Å². The predicted octanol–water partition coefficient (Wildman–Crippen LogP) is 17.1. The van der Waals surface area contributed by atoms with Gasteiger partial charge in [0.05, 0.1) is 0 Å². The van der Waals surface area contributed by atoms with Crippen LogP contribution in [-0.2, 0) is 0 Å². The van der Waals surface area contributed by atoms with E-state index in [9.17, 15) is 0 Å². The monoisotopic (exact) mass is 762 g/mol. The van der Waals surface area contributed by atoms with Crippen molar-refractivity contribution in [3.05, 3.63) is 206 Å². The average Bonchev–Trinajstić information content (AvgIpc) is 3.68. The molecule has 12 aromatic carbocycles. The molecule has 1 heterocycles. The summed E-state index contributed by atoms with van der Waals surface area (Å²) in [5, 5.41) is 20.7. The molecule has 59 heavy (non-hydrogen) atoms. The molecular formula is C58H34S. The molecule has 0 aliphatic carbocycles. The van der Waals surface area contributed by atoms with Gasteiger partial charge in [-0.05, 0) is 122 Å². The van der Waals surface area contributed by atoms with Crippen LogP contribution in [0.15, 0.2) is 206 Å². The van der Waals surface area contributed by atoms with Crippen LogP contribution in [0.3, 0.4) is 0 Å². The molecule has 0 fully saturated rings. The number of thiophene rings is 1. The summed E-state index contributed by atoms with van der Waals surface area (Å²) in [7, 11) is 0. The van der Waals surface area contributed by atoms with E-state index in [0.717, 1.165) is 0 Å². The molecule has 0 aliphatic rings. The largest absolute Gasteiger partial charge is 0.134 e. The van der Waals surface area contributed by atoms with Crippen molar-refractivity contribution in [3.8, 4) is 33.4 Å². The van der Waals surface area contributed by atoms with Gasteiger partial charge in [-0.3, -0.25) is 0 Å². The van der Waals surface area contributed by atoms with E-state index in [2.05, 4.69) is 206 Å². The molecule has 0 saturated heterocycles. The Bertz CT molecular complexity index is 3840. The van der Waals surface area contributed by atoms with Crippen LogP contribution in [0.4, 0.5) is 0 Å². The number of benzene rings is 12. The first-order chi connectivity index (χ1) is 29.3. The Morgan fingerprint density at radius 2 is 0.746 bits per heavy atom. The van der Waals surface area contributed by atoms with Crippen LogP contribution in [-0.4, -0.2) is 0 Å². The Hall–Kier alpha value is -7.32. The highest BCUT2D eigenvalue weighted by molar-refractivity contribution is 7.27. The van der Waals surface area contributed by atoms with Gasteiger partial charge in [-0.2, -0.15) is 0 Å². The lowest BCUT2D eigenvalue weighted by Gasteiger charge is -2.20. The van der Waals surface area contributed by atoms with E-state index < -0.39 is 0 Å². The number of rotatable bonds is 3. The Labute approximate surface area is 344 Å². The van der Waals surface area contributed by atoms with Crippen molar-refractivity contribution in [1.29, 1.82) is 0 Å². The van der Waals surface area contributed by atoms with E-state index in [1.165, 1.54) is 129 Å². The molecule has 13 aromatic rings. The molecule has 0 aliphatic heterocycles. The van der Waals surface area contributed by atoms with Crippen LogP contribution in [0.1, 0.15) is 0 Å². The van der Waals surface area contributed by atoms with Gasteiger partial charge >= 0.3 is 0 Å². The number of hydrogen-bond acceptors (Lipinski definition) is 1. The maximum absolute atomic E-state index is 2.45. The first-order valence-corrected chi connectivity index (χ1v) is 21.2. The zero-order valence-corrected chi connectivity index (χ0v) is 32.9. The van der Waals surface area contributed by atoms with Gasteiger partial charge in [0, 0.05) is 25.6 Å². The normalized spacial score (nSPS) is 12.1. The standard InChI is InChI=1S/C58H34S/c1-2-16-37-34-54-53(32-36(37)15-1)57-45-22-8-7-21-43(45)52-33-38(28-29-51(52)58(57)59-54)40-30-31-50(42-20-6-5-19-41(40)42)56-48-25-11-9-23-46(48)55(47-24-10-12-26-49(47)56)44-27-13-17-35-14-3-4-18-39(35)44/h1-34H. The summed E-state index contributed by atoms with van der Waals surface area (Å²) in [6.07, 6.45) is 0. The minimum Gasteiger partial charge on any atom is -0.134 e. The van der Waals surface area contributed by atoms with Crippen LogP contribution >= 0.6 is 11.3 Å². The lowest BCUT2D eigenvalue weighted by atomic mass is 9.83. The number of hydrogen-bond donors (Lipinski definition) is 0. The SMILES string of the molecule is c1ccc2cc3c(cc2c1)sc1c2ccc(-c4ccc(-c5c6ccccc6c(-c6cccc7ccccc67)c6ccccc56)c5ccccc45)cc2c2ccccc2c31. The van der Waals surface area contributed by atoms with E-state index >= 15 is 0 Å². The van der Waals surface area contributed by atoms with Crippen LogP contribution in [0.25, 0.3) is 129 Å². The summed E-state index contributed by atoms with van der Waals surface area (Å²) in [4.78, 5) is 0. The predicted molar refractivity (Wildman–Crippen MR) is 258 cm³/mol. The minimum atomic E-state index is 1.23. The van der Waals surface area contributed by atoms with E-state index in [-0.39, 0.29) is 0 Å². The van der Waals surface area contributed by atoms with Gasteiger partial charge in [0.1, 0.15) is 0 Å². The minimum absolute atomic E-state index is 1.23. The van der Waals surface area contributed by atoms with Gasteiger partial charge < -0.3 is 0 Å². The molecule has 0 bridgehead atoms. The molecule has 0 nitrogen and oxygen atoms in total. The second-order valence-corrected chi connectivity index (χ2v) is 16.9. The molecular weight excluding hydrogens is 729 g/mol. The molecule has 0 saturated carbocycles. The van der Waals surface area contributed by atoms with Crippen LogP contribution < -0.4 is 0 Å². The Morgan fingerprint density at radius 3 is 1.42 bits per heavy atom. The fraction of sp³-hybridized carbons (Fsp3) is 0. The van der Waals surface area contributed by atoms with Crippen LogP contribution in [0.2, 0.25) is 0 Å². The summed E-state index contributed by atoms with van der Waals surface area (Å²) in [5.41, 5.74) is 7.59. The molecule has 0 spiro atoms. The molecule has 0 radical (unpaired) electrons. The van der Waals surface area contributed by atoms with Crippen molar-refractivity contribution in [1.82, 2.24) is 0 Å². The third-order valence-corrected chi connectivity index (χ3v) is 14.0. The Balaban J connectivity index is 1.05. The second-order valence-electron chi connectivity index (χ2n) is 15.9. The fourth-order valence-corrected chi connectivity index (χ4v) is 11.5.